The molecule has 1 aliphatic rings. The first kappa shape index (κ1) is 20.9. The predicted octanol–water partition coefficient (Wildman–Crippen LogP) is 4.11. The standard InChI is InChI=1S/C23H27NO5/c1-2-3-12-24(15-17-7-6-13-29-17)16-10-11-20(21(25)14-16)22(26)18-8-4-5-9-19(18)23(27)28/h4-5,8-11,14,17,25H,2-3,6-7,12-13,15H2,1H3,(H,27,28). The van der Waals surface area contributed by atoms with Crippen molar-refractivity contribution in [2.75, 3.05) is 24.6 Å². The number of carboxylic acids is 1. The molecule has 0 saturated carbocycles. The van der Waals surface area contributed by atoms with E-state index in [4.69, 9.17) is 4.74 Å². The third-order valence-corrected chi connectivity index (χ3v) is 5.22. The lowest BCUT2D eigenvalue weighted by atomic mass is 9.97. The van der Waals surface area contributed by atoms with E-state index in [0.29, 0.717) is 0 Å². The molecule has 154 valence electrons. The Morgan fingerprint density at radius 3 is 2.52 bits per heavy atom. The Bertz CT molecular complexity index is 873. The fourth-order valence-electron chi connectivity index (χ4n) is 3.63. The Kier molecular flexibility index (Phi) is 6.88. The van der Waals surface area contributed by atoms with E-state index in [0.717, 1.165) is 51.1 Å². The number of carbonyl (C=O) groups excluding carboxylic acids is 1. The Hall–Kier alpha value is -2.86. The first-order valence-corrected chi connectivity index (χ1v) is 10.1. The van der Waals surface area contributed by atoms with Crippen LogP contribution in [0.15, 0.2) is 42.5 Å². The average Bonchev–Trinajstić information content (AvgIpc) is 3.23. The molecule has 0 radical (unpaired) electrons. The normalized spacial score (nSPS) is 16.0. The number of unbranched alkanes of at least 4 members (excludes halogenated alkanes) is 1. The number of carbonyl (C=O) groups is 2. The molecule has 1 saturated heterocycles. The number of hydrogen-bond donors (Lipinski definition) is 2. The van der Waals surface area contributed by atoms with Crippen LogP contribution >= 0.6 is 0 Å². The Labute approximate surface area is 170 Å². The van der Waals surface area contributed by atoms with Crippen LogP contribution in [-0.2, 0) is 4.74 Å². The van der Waals surface area contributed by atoms with Gasteiger partial charge in [0.1, 0.15) is 5.75 Å². The van der Waals surface area contributed by atoms with Crippen molar-refractivity contribution in [1.29, 1.82) is 0 Å². The molecule has 3 rings (SSSR count). The number of phenolic OH excluding ortho intramolecular Hbond substituents is 1. The van der Waals surface area contributed by atoms with Crippen LogP contribution in [0.3, 0.4) is 0 Å². The van der Waals surface area contributed by atoms with E-state index in [-0.39, 0.29) is 28.5 Å². The third kappa shape index (κ3) is 4.95. The van der Waals surface area contributed by atoms with Gasteiger partial charge >= 0.3 is 5.97 Å². The van der Waals surface area contributed by atoms with E-state index >= 15 is 0 Å². The summed E-state index contributed by atoms with van der Waals surface area (Å²) in [7, 11) is 0. The summed E-state index contributed by atoms with van der Waals surface area (Å²) in [5.41, 5.74) is 0.902. The van der Waals surface area contributed by atoms with Crippen LogP contribution in [0, 0.1) is 0 Å². The largest absolute Gasteiger partial charge is 0.507 e. The number of anilines is 1. The van der Waals surface area contributed by atoms with Crippen molar-refractivity contribution < 1.29 is 24.5 Å². The molecular formula is C23H27NO5. The lowest BCUT2D eigenvalue weighted by Gasteiger charge is -2.28. The molecule has 2 N–H and O–H groups in total. The zero-order chi connectivity index (χ0) is 20.8. The van der Waals surface area contributed by atoms with E-state index in [1.165, 1.54) is 12.1 Å². The molecule has 1 fully saturated rings. The van der Waals surface area contributed by atoms with Crippen LogP contribution in [0.5, 0.6) is 5.75 Å². The highest BCUT2D eigenvalue weighted by Gasteiger charge is 2.23. The fraction of sp³-hybridized carbons (Fsp3) is 0.391. The lowest BCUT2D eigenvalue weighted by molar-refractivity contribution is 0.0692. The summed E-state index contributed by atoms with van der Waals surface area (Å²) in [6.45, 7) is 4.50. The molecule has 0 amide bonds. The van der Waals surface area contributed by atoms with E-state index < -0.39 is 11.8 Å². The van der Waals surface area contributed by atoms with Gasteiger partial charge in [0, 0.05) is 37.0 Å². The maximum Gasteiger partial charge on any atom is 0.336 e. The highest BCUT2D eigenvalue weighted by molar-refractivity contribution is 6.15. The van der Waals surface area contributed by atoms with E-state index in [2.05, 4.69) is 11.8 Å². The topological polar surface area (TPSA) is 87.1 Å². The summed E-state index contributed by atoms with van der Waals surface area (Å²) in [5.74, 6) is -1.83. The average molecular weight is 397 g/mol. The molecule has 29 heavy (non-hydrogen) atoms. The van der Waals surface area contributed by atoms with Crippen molar-refractivity contribution >= 4 is 17.4 Å². The SMILES string of the molecule is CCCCN(CC1CCCO1)c1ccc(C(=O)c2ccccc2C(=O)O)c(O)c1. The number of ether oxygens (including phenoxy) is 1. The summed E-state index contributed by atoms with van der Waals surface area (Å²) >= 11 is 0. The second-order valence-corrected chi connectivity index (χ2v) is 7.32. The van der Waals surface area contributed by atoms with Gasteiger partial charge in [0.2, 0.25) is 0 Å². The minimum atomic E-state index is -1.17. The van der Waals surface area contributed by atoms with E-state index in [9.17, 15) is 19.8 Å². The van der Waals surface area contributed by atoms with Gasteiger partial charge in [-0.25, -0.2) is 4.79 Å². The summed E-state index contributed by atoms with van der Waals surface area (Å²) < 4.78 is 5.76. The van der Waals surface area contributed by atoms with Gasteiger partial charge in [-0.15, -0.1) is 0 Å². The minimum Gasteiger partial charge on any atom is -0.507 e. The second-order valence-electron chi connectivity index (χ2n) is 7.32. The molecule has 0 aliphatic carbocycles. The van der Waals surface area contributed by atoms with Crippen LogP contribution in [0.4, 0.5) is 5.69 Å². The van der Waals surface area contributed by atoms with Gasteiger partial charge in [0.05, 0.1) is 17.2 Å². The maximum absolute atomic E-state index is 12.9. The first-order valence-electron chi connectivity index (χ1n) is 10.1. The van der Waals surface area contributed by atoms with Crippen molar-refractivity contribution in [2.45, 2.75) is 38.7 Å². The first-order chi connectivity index (χ1) is 14.0. The second kappa shape index (κ2) is 9.56. The molecule has 1 atom stereocenters. The summed E-state index contributed by atoms with van der Waals surface area (Å²) in [6.07, 6.45) is 4.33. The van der Waals surface area contributed by atoms with Crippen LogP contribution < -0.4 is 4.90 Å². The van der Waals surface area contributed by atoms with Gasteiger partial charge in [-0.3, -0.25) is 4.79 Å². The maximum atomic E-state index is 12.9. The molecule has 2 aromatic rings. The van der Waals surface area contributed by atoms with Gasteiger partial charge < -0.3 is 19.8 Å². The fourth-order valence-corrected chi connectivity index (χ4v) is 3.63. The van der Waals surface area contributed by atoms with E-state index in [1.807, 2.05) is 0 Å². The quantitative estimate of drug-likeness (QED) is 0.619. The van der Waals surface area contributed by atoms with E-state index in [1.54, 1.807) is 30.3 Å². The van der Waals surface area contributed by atoms with Crippen molar-refractivity contribution in [3.63, 3.8) is 0 Å². The number of phenols is 1. The molecule has 0 spiro atoms. The predicted molar refractivity (Wildman–Crippen MR) is 111 cm³/mol. The van der Waals surface area contributed by atoms with Gasteiger partial charge in [0.25, 0.3) is 0 Å². The summed E-state index contributed by atoms with van der Waals surface area (Å²) in [4.78, 5) is 26.5. The molecule has 1 aliphatic heterocycles. The van der Waals surface area contributed by atoms with Crippen molar-refractivity contribution in [3.05, 3.63) is 59.2 Å². The Balaban J connectivity index is 1.86. The molecule has 6 heteroatoms. The van der Waals surface area contributed by atoms with Gasteiger partial charge in [-0.2, -0.15) is 0 Å². The Morgan fingerprint density at radius 1 is 1.14 bits per heavy atom. The molecular weight excluding hydrogens is 370 g/mol. The zero-order valence-corrected chi connectivity index (χ0v) is 16.6. The smallest absolute Gasteiger partial charge is 0.336 e. The number of ketones is 1. The molecule has 1 unspecified atom stereocenters. The number of hydrogen-bond acceptors (Lipinski definition) is 5. The van der Waals surface area contributed by atoms with Crippen LogP contribution in [0.25, 0.3) is 0 Å². The molecule has 2 aromatic carbocycles. The highest BCUT2D eigenvalue weighted by Crippen LogP contribution is 2.29. The molecule has 0 bridgehead atoms. The Morgan fingerprint density at radius 2 is 1.90 bits per heavy atom. The molecule has 1 heterocycles. The number of aromatic hydroxyl groups is 1. The summed E-state index contributed by atoms with van der Waals surface area (Å²) in [6, 6.07) is 11.0. The number of carboxylic acid groups (broad SMARTS) is 1. The van der Waals surface area contributed by atoms with Gasteiger partial charge in [-0.05, 0) is 37.5 Å². The van der Waals surface area contributed by atoms with Crippen molar-refractivity contribution in [1.82, 2.24) is 0 Å². The zero-order valence-electron chi connectivity index (χ0n) is 16.6. The number of nitrogens with zero attached hydrogens (tertiary/aromatic N) is 1. The van der Waals surface area contributed by atoms with Gasteiger partial charge in [-0.1, -0.05) is 31.5 Å². The number of rotatable bonds is 9. The highest BCUT2D eigenvalue weighted by atomic mass is 16.5. The molecule has 6 nitrogen and oxygen atoms in total. The summed E-state index contributed by atoms with van der Waals surface area (Å²) in [5, 5.41) is 19.9. The molecule has 0 aromatic heterocycles. The van der Waals surface area contributed by atoms with Crippen LogP contribution in [-0.4, -0.2) is 47.8 Å². The van der Waals surface area contributed by atoms with Crippen molar-refractivity contribution in [2.24, 2.45) is 0 Å². The van der Waals surface area contributed by atoms with Crippen molar-refractivity contribution in [3.8, 4) is 5.75 Å². The van der Waals surface area contributed by atoms with Crippen LogP contribution in [0.1, 0.15) is 58.9 Å². The van der Waals surface area contributed by atoms with Crippen LogP contribution in [0.2, 0.25) is 0 Å². The lowest BCUT2D eigenvalue weighted by Crippen LogP contribution is -2.33. The number of benzene rings is 2. The third-order valence-electron chi connectivity index (χ3n) is 5.22. The monoisotopic (exact) mass is 397 g/mol. The number of aromatic carboxylic acids is 1. The minimum absolute atomic E-state index is 0.0604. The van der Waals surface area contributed by atoms with Gasteiger partial charge in [0.15, 0.2) is 5.78 Å².